The molecule has 0 bridgehead atoms. The number of ether oxygens (including phenoxy) is 3. The fourth-order valence-corrected chi connectivity index (χ4v) is 7.05. The summed E-state index contributed by atoms with van der Waals surface area (Å²) >= 11 is 1.37. The molecule has 0 unspecified atom stereocenters. The molecular weight excluding hydrogens is 602 g/mol. The van der Waals surface area contributed by atoms with Gasteiger partial charge >= 0.3 is 0 Å². The Hall–Kier alpha value is -5.48. The van der Waals surface area contributed by atoms with E-state index in [0.29, 0.717) is 20.8 Å². The molecule has 0 amide bonds. The van der Waals surface area contributed by atoms with E-state index in [9.17, 15) is 14.9 Å². The second kappa shape index (κ2) is 12.1. The molecule has 1 aliphatic heterocycles. The summed E-state index contributed by atoms with van der Waals surface area (Å²) in [5, 5.41) is 10.9. The average Bonchev–Trinajstić information content (AvgIpc) is 3.40. The number of nitro benzene ring substituents is 1. The van der Waals surface area contributed by atoms with E-state index in [4.69, 9.17) is 19.2 Å². The van der Waals surface area contributed by atoms with E-state index in [0.717, 1.165) is 52.1 Å². The van der Waals surface area contributed by atoms with Crippen molar-refractivity contribution in [2.75, 3.05) is 14.2 Å². The zero-order valence-corrected chi connectivity index (χ0v) is 26.0. The summed E-state index contributed by atoms with van der Waals surface area (Å²) < 4.78 is 19.5. The van der Waals surface area contributed by atoms with Gasteiger partial charge in [-0.3, -0.25) is 19.5 Å². The van der Waals surface area contributed by atoms with Gasteiger partial charge in [-0.2, -0.15) is 0 Å². The highest BCUT2D eigenvalue weighted by Crippen LogP contribution is 2.41. The van der Waals surface area contributed by atoms with Gasteiger partial charge in [-0.1, -0.05) is 53.8 Å². The van der Waals surface area contributed by atoms with Crippen molar-refractivity contribution in [2.24, 2.45) is 4.99 Å². The number of hydrogen-bond acceptors (Lipinski definition) is 8. The van der Waals surface area contributed by atoms with Crippen LogP contribution in [0.1, 0.15) is 40.3 Å². The molecule has 10 heteroatoms. The van der Waals surface area contributed by atoms with Gasteiger partial charge in [0, 0.05) is 17.7 Å². The van der Waals surface area contributed by atoms with E-state index in [1.165, 1.54) is 29.0 Å². The van der Waals surface area contributed by atoms with Crippen LogP contribution in [-0.4, -0.2) is 23.7 Å². The van der Waals surface area contributed by atoms with E-state index in [2.05, 4.69) is 18.2 Å². The molecule has 1 aliphatic carbocycles. The molecule has 0 spiro atoms. The monoisotopic (exact) mass is 631 g/mol. The summed E-state index contributed by atoms with van der Waals surface area (Å²) in [6.07, 6.45) is 3.54. The van der Waals surface area contributed by atoms with E-state index >= 15 is 0 Å². The number of aromatic nitrogens is 1. The molecule has 0 saturated heterocycles. The van der Waals surface area contributed by atoms with E-state index in [-0.39, 0.29) is 23.9 Å². The smallest absolute Gasteiger partial charge is 0.271 e. The summed E-state index contributed by atoms with van der Waals surface area (Å²) in [5.41, 5.74) is 6.89. The Kier molecular flexibility index (Phi) is 7.71. The number of nitrogens with zero attached hydrogens (tertiary/aromatic N) is 3. The molecule has 230 valence electrons. The van der Waals surface area contributed by atoms with Crippen molar-refractivity contribution in [2.45, 2.75) is 25.5 Å². The van der Waals surface area contributed by atoms with Gasteiger partial charge in [0.1, 0.15) is 12.4 Å². The Morgan fingerprint density at radius 2 is 1.78 bits per heavy atom. The van der Waals surface area contributed by atoms with Crippen molar-refractivity contribution < 1.29 is 19.1 Å². The van der Waals surface area contributed by atoms with Gasteiger partial charge in [0.05, 0.1) is 35.4 Å². The van der Waals surface area contributed by atoms with E-state index in [1.807, 2.05) is 53.1 Å². The number of thiazole rings is 1. The Morgan fingerprint density at radius 3 is 2.57 bits per heavy atom. The maximum absolute atomic E-state index is 14.2. The van der Waals surface area contributed by atoms with Gasteiger partial charge in [0.15, 0.2) is 16.3 Å². The third-order valence-electron chi connectivity index (χ3n) is 8.31. The zero-order chi connectivity index (χ0) is 31.8. The molecule has 5 aromatic rings. The predicted molar refractivity (Wildman–Crippen MR) is 176 cm³/mol. The molecule has 0 fully saturated rings. The van der Waals surface area contributed by atoms with Crippen molar-refractivity contribution in [1.29, 1.82) is 0 Å². The number of aryl methyl sites for hydroxylation is 1. The first kappa shape index (κ1) is 29.2. The summed E-state index contributed by atoms with van der Waals surface area (Å²) in [7, 11) is 3.20. The minimum atomic E-state index is -0.435. The van der Waals surface area contributed by atoms with Crippen LogP contribution >= 0.6 is 11.3 Å². The SMILES string of the molecule is COc1cccc([C@@H]2C3=C(N=c4s/c(=C/c5ccc(OCc6ccc([N+](=O)[O-])cc6)c(OC)c5)c(=O)n42)c2ccccc2CC3)c1. The fraction of sp³-hybridized carbons (Fsp3) is 0.167. The Bertz CT molecular complexity index is 2200. The Balaban J connectivity index is 1.27. The summed E-state index contributed by atoms with van der Waals surface area (Å²) in [6, 6.07) is 27.7. The van der Waals surface area contributed by atoms with Crippen LogP contribution in [0, 0.1) is 10.1 Å². The molecule has 1 atom stereocenters. The summed E-state index contributed by atoms with van der Waals surface area (Å²) in [6.45, 7) is 0.213. The van der Waals surface area contributed by atoms with E-state index < -0.39 is 4.92 Å². The number of methoxy groups -OCH3 is 2. The van der Waals surface area contributed by atoms with Crippen molar-refractivity contribution in [3.63, 3.8) is 0 Å². The van der Waals surface area contributed by atoms with Crippen molar-refractivity contribution in [1.82, 2.24) is 4.57 Å². The van der Waals surface area contributed by atoms with Crippen LogP contribution in [0.25, 0.3) is 11.8 Å². The molecule has 7 rings (SSSR count). The molecule has 1 aromatic heterocycles. The molecule has 2 aliphatic rings. The van der Waals surface area contributed by atoms with Crippen LogP contribution in [-0.2, 0) is 13.0 Å². The molecule has 9 nitrogen and oxygen atoms in total. The second-order valence-corrected chi connectivity index (χ2v) is 12.0. The Morgan fingerprint density at radius 1 is 0.957 bits per heavy atom. The van der Waals surface area contributed by atoms with Crippen LogP contribution in [0.15, 0.2) is 106 Å². The predicted octanol–water partition coefficient (Wildman–Crippen LogP) is 5.82. The largest absolute Gasteiger partial charge is 0.497 e. The first-order valence-electron chi connectivity index (χ1n) is 14.7. The number of nitro groups is 1. The molecule has 4 aromatic carbocycles. The molecule has 0 radical (unpaired) electrons. The third-order valence-corrected chi connectivity index (χ3v) is 9.29. The van der Waals surface area contributed by atoms with Gasteiger partial charge in [-0.05, 0) is 83.1 Å². The van der Waals surface area contributed by atoms with Gasteiger partial charge in [-0.25, -0.2) is 4.99 Å². The van der Waals surface area contributed by atoms with Crippen LogP contribution in [0.2, 0.25) is 0 Å². The minimum Gasteiger partial charge on any atom is -0.497 e. The van der Waals surface area contributed by atoms with E-state index in [1.54, 1.807) is 32.4 Å². The number of fused-ring (bicyclic) bond motifs is 3. The Labute approximate surface area is 268 Å². The lowest BCUT2D eigenvalue weighted by atomic mass is 9.83. The highest BCUT2D eigenvalue weighted by atomic mass is 32.1. The molecule has 0 saturated carbocycles. The number of rotatable bonds is 8. The number of benzene rings is 4. The van der Waals surface area contributed by atoms with Gasteiger partial charge in [0.2, 0.25) is 0 Å². The lowest BCUT2D eigenvalue weighted by Gasteiger charge is -2.31. The topological polar surface area (TPSA) is 105 Å². The summed E-state index contributed by atoms with van der Waals surface area (Å²) in [5.74, 6) is 1.76. The van der Waals surface area contributed by atoms with Gasteiger partial charge in [-0.15, -0.1) is 0 Å². The van der Waals surface area contributed by atoms with Gasteiger partial charge < -0.3 is 14.2 Å². The van der Waals surface area contributed by atoms with Crippen molar-refractivity contribution in [3.8, 4) is 17.2 Å². The summed E-state index contributed by atoms with van der Waals surface area (Å²) in [4.78, 5) is 30.4. The number of non-ortho nitro benzene ring substituents is 1. The highest BCUT2D eigenvalue weighted by Gasteiger charge is 2.32. The van der Waals surface area contributed by atoms with Crippen LogP contribution < -0.4 is 29.1 Å². The fourth-order valence-electron chi connectivity index (χ4n) is 6.05. The maximum atomic E-state index is 14.2. The lowest BCUT2D eigenvalue weighted by molar-refractivity contribution is -0.384. The van der Waals surface area contributed by atoms with Crippen molar-refractivity contribution >= 4 is 28.8 Å². The maximum Gasteiger partial charge on any atom is 0.271 e. The number of allylic oxidation sites excluding steroid dienone is 1. The second-order valence-electron chi connectivity index (χ2n) is 11.0. The first-order valence-corrected chi connectivity index (χ1v) is 15.6. The minimum absolute atomic E-state index is 0.0239. The normalized spacial score (nSPS) is 15.3. The quantitative estimate of drug-likeness (QED) is 0.158. The highest BCUT2D eigenvalue weighted by molar-refractivity contribution is 7.07. The number of hydrogen-bond donors (Lipinski definition) is 0. The molecule has 0 N–H and O–H groups in total. The van der Waals surface area contributed by atoms with Gasteiger partial charge in [0.25, 0.3) is 11.2 Å². The molecule has 2 heterocycles. The standard InChI is InChI=1S/C36H29N3O6S/c1-43-27-8-5-7-25(20-27)34-29-16-13-24-6-3-4-9-28(24)33(29)37-36-38(34)35(40)32(46-36)19-23-12-17-30(31(18-23)44-2)45-21-22-10-14-26(15-11-22)39(41)42/h3-12,14-15,17-20,34H,13,16,21H2,1-2H3/b32-19+/t34-/m1/s1. The zero-order valence-electron chi connectivity index (χ0n) is 25.1. The van der Waals surface area contributed by atoms with Crippen molar-refractivity contribution in [3.05, 3.63) is 154 Å². The third kappa shape index (κ3) is 5.37. The first-order chi connectivity index (χ1) is 22.4. The van der Waals surface area contributed by atoms with Crippen LogP contribution in [0.3, 0.4) is 0 Å². The van der Waals surface area contributed by atoms with Crippen LogP contribution in [0.4, 0.5) is 5.69 Å². The lowest BCUT2D eigenvalue weighted by Crippen LogP contribution is -2.38. The molecular formula is C36H29N3O6S. The molecule has 46 heavy (non-hydrogen) atoms. The van der Waals surface area contributed by atoms with Crippen LogP contribution in [0.5, 0.6) is 17.2 Å². The average molecular weight is 632 g/mol.